The van der Waals surface area contributed by atoms with Crippen LogP contribution in [0.2, 0.25) is 0 Å². The molecule has 0 spiro atoms. The van der Waals surface area contributed by atoms with Crippen molar-refractivity contribution in [2.75, 3.05) is 0 Å². The summed E-state index contributed by atoms with van der Waals surface area (Å²) in [6.07, 6.45) is 4.65. The molecule has 4 heteroatoms. The van der Waals surface area contributed by atoms with Crippen molar-refractivity contribution in [1.82, 2.24) is 15.3 Å². The highest BCUT2D eigenvalue weighted by Gasteiger charge is 2.12. The molecule has 2 atom stereocenters. The number of halogens is 1. The summed E-state index contributed by atoms with van der Waals surface area (Å²) in [7, 11) is 0. The Morgan fingerprint density at radius 2 is 2.00 bits per heavy atom. The van der Waals surface area contributed by atoms with E-state index >= 15 is 0 Å². The van der Waals surface area contributed by atoms with Crippen LogP contribution in [0.25, 0.3) is 0 Å². The Morgan fingerprint density at radius 3 is 2.67 bits per heavy atom. The van der Waals surface area contributed by atoms with Crippen LogP contribution < -0.4 is 5.32 Å². The van der Waals surface area contributed by atoms with Crippen molar-refractivity contribution in [3.8, 4) is 0 Å². The Hall–Kier alpha value is -1.81. The Kier molecular flexibility index (Phi) is 3.99. The summed E-state index contributed by atoms with van der Waals surface area (Å²) in [4.78, 5) is 8.15. The Bertz CT molecular complexity index is 501. The first-order chi connectivity index (χ1) is 8.66. The van der Waals surface area contributed by atoms with E-state index in [0.29, 0.717) is 0 Å². The number of hydrogen-bond donors (Lipinski definition) is 1. The SMILES string of the molecule is CC(N[C@H](C)c1ccccn1)c1cncc(F)c1. The molecule has 0 aromatic carbocycles. The predicted octanol–water partition coefficient (Wildman–Crippen LogP) is 3.03. The number of nitrogens with zero attached hydrogens (tertiary/aromatic N) is 2. The van der Waals surface area contributed by atoms with E-state index in [2.05, 4.69) is 15.3 Å². The molecule has 2 heterocycles. The lowest BCUT2D eigenvalue weighted by molar-refractivity contribution is 0.482. The second kappa shape index (κ2) is 5.69. The van der Waals surface area contributed by atoms with Gasteiger partial charge in [-0.3, -0.25) is 9.97 Å². The summed E-state index contributed by atoms with van der Waals surface area (Å²) >= 11 is 0. The molecule has 2 aromatic rings. The molecule has 0 aliphatic heterocycles. The summed E-state index contributed by atoms with van der Waals surface area (Å²) in [5.41, 5.74) is 1.80. The molecule has 1 unspecified atom stereocenters. The zero-order valence-electron chi connectivity index (χ0n) is 10.5. The molecule has 2 rings (SSSR count). The van der Waals surface area contributed by atoms with Crippen LogP contribution in [-0.4, -0.2) is 9.97 Å². The van der Waals surface area contributed by atoms with Crippen molar-refractivity contribution in [3.63, 3.8) is 0 Å². The first kappa shape index (κ1) is 12.6. The van der Waals surface area contributed by atoms with Crippen molar-refractivity contribution in [3.05, 3.63) is 59.9 Å². The van der Waals surface area contributed by atoms with E-state index in [1.54, 1.807) is 12.4 Å². The van der Waals surface area contributed by atoms with Crippen molar-refractivity contribution in [2.24, 2.45) is 0 Å². The van der Waals surface area contributed by atoms with Crippen molar-refractivity contribution >= 4 is 0 Å². The largest absolute Gasteiger partial charge is 0.302 e. The lowest BCUT2D eigenvalue weighted by atomic mass is 10.1. The van der Waals surface area contributed by atoms with Gasteiger partial charge in [-0.25, -0.2) is 4.39 Å². The van der Waals surface area contributed by atoms with Gasteiger partial charge in [-0.05, 0) is 37.6 Å². The normalized spacial score (nSPS) is 14.2. The molecular weight excluding hydrogens is 229 g/mol. The molecule has 0 saturated heterocycles. The molecule has 0 amide bonds. The lowest BCUT2D eigenvalue weighted by Crippen LogP contribution is -2.23. The Labute approximate surface area is 106 Å². The highest BCUT2D eigenvalue weighted by Crippen LogP contribution is 2.17. The number of rotatable bonds is 4. The maximum atomic E-state index is 13.1. The first-order valence-electron chi connectivity index (χ1n) is 5.94. The molecule has 94 valence electrons. The minimum atomic E-state index is -0.313. The molecule has 0 aliphatic carbocycles. The van der Waals surface area contributed by atoms with Gasteiger partial charge in [-0.15, -0.1) is 0 Å². The van der Waals surface area contributed by atoms with Crippen LogP contribution in [0.3, 0.4) is 0 Å². The van der Waals surface area contributed by atoms with E-state index < -0.39 is 0 Å². The minimum Gasteiger partial charge on any atom is -0.302 e. The van der Waals surface area contributed by atoms with E-state index in [1.165, 1.54) is 12.3 Å². The molecule has 0 aliphatic rings. The summed E-state index contributed by atoms with van der Waals surface area (Å²) in [6, 6.07) is 7.42. The summed E-state index contributed by atoms with van der Waals surface area (Å²) in [5.74, 6) is -0.313. The molecule has 2 aromatic heterocycles. The van der Waals surface area contributed by atoms with Gasteiger partial charge in [0.2, 0.25) is 0 Å². The molecule has 0 radical (unpaired) electrons. The maximum absolute atomic E-state index is 13.1. The van der Waals surface area contributed by atoms with Gasteiger partial charge >= 0.3 is 0 Å². The Balaban J connectivity index is 2.05. The van der Waals surface area contributed by atoms with Crippen LogP contribution in [0.4, 0.5) is 4.39 Å². The van der Waals surface area contributed by atoms with Crippen molar-refractivity contribution < 1.29 is 4.39 Å². The average Bonchev–Trinajstić information content (AvgIpc) is 2.39. The fourth-order valence-corrected chi connectivity index (χ4v) is 1.85. The fraction of sp³-hybridized carbons (Fsp3) is 0.286. The van der Waals surface area contributed by atoms with E-state index in [9.17, 15) is 4.39 Å². The third-order valence-corrected chi connectivity index (χ3v) is 2.86. The highest BCUT2D eigenvalue weighted by molar-refractivity contribution is 5.16. The van der Waals surface area contributed by atoms with E-state index in [4.69, 9.17) is 0 Å². The van der Waals surface area contributed by atoms with Crippen LogP contribution in [0, 0.1) is 5.82 Å². The van der Waals surface area contributed by atoms with Crippen LogP contribution in [0.1, 0.15) is 37.2 Å². The molecule has 1 N–H and O–H groups in total. The van der Waals surface area contributed by atoms with E-state index in [1.807, 2.05) is 32.0 Å². The molecule has 0 fully saturated rings. The monoisotopic (exact) mass is 245 g/mol. The smallest absolute Gasteiger partial charge is 0.141 e. The van der Waals surface area contributed by atoms with Crippen LogP contribution >= 0.6 is 0 Å². The van der Waals surface area contributed by atoms with Gasteiger partial charge in [0.1, 0.15) is 5.82 Å². The second-order valence-corrected chi connectivity index (χ2v) is 4.30. The van der Waals surface area contributed by atoms with Gasteiger partial charge in [-0.1, -0.05) is 6.07 Å². The molecule has 18 heavy (non-hydrogen) atoms. The summed E-state index contributed by atoms with van der Waals surface area (Å²) in [6.45, 7) is 4.02. The third kappa shape index (κ3) is 3.11. The molecular formula is C14H16FN3. The van der Waals surface area contributed by atoms with E-state index in [0.717, 1.165) is 11.3 Å². The predicted molar refractivity (Wildman–Crippen MR) is 68.4 cm³/mol. The van der Waals surface area contributed by atoms with Crippen LogP contribution in [0.5, 0.6) is 0 Å². The number of hydrogen-bond acceptors (Lipinski definition) is 3. The topological polar surface area (TPSA) is 37.8 Å². The van der Waals surface area contributed by atoms with Gasteiger partial charge in [-0.2, -0.15) is 0 Å². The van der Waals surface area contributed by atoms with Crippen LogP contribution in [-0.2, 0) is 0 Å². The molecule has 0 saturated carbocycles. The highest BCUT2D eigenvalue weighted by atomic mass is 19.1. The van der Waals surface area contributed by atoms with Gasteiger partial charge in [0.15, 0.2) is 0 Å². The molecule has 3 nitrogen and oxygen atoms in total. The summed E-state index contributed by atoms with van der Waals surface area (Å²) < 4.78 is 13.1. The van der Waals surface area contributed by atoms with Crippen molar-refractivity contribution in [2.45, 2.75) is 25.9 Å². The molecule has 0 bridgehead atoms. The maximum Gasteiger partial charge on any atom is 0.141 e. The number of aromatic nitrogens is 2. The number of pyridine rings is 2. The first-order valence-corrected chi connectivity index (χ1v) is 5.94. The number of nitrogens with one attached hydrogen (secondary N) is 1. The van der Waals surface area contributed by atoms with Gasteiger partial charge in [0, 0.05) is 24.5 Å². The second-order valence-electron chi connectivity index (χ2n) is 4.30. The summed E-state index contributed by atoms with van der Waals surface area (Å²) in [5, 5.41) is 3.37. The van der Waals surface area contributed by atoms with Gasteiger partial charge in [0.05, 0.1) is 11.9 Å². The Morgan fingerprint density at radius 1 is 1.17 bits per heavy atom. The average molecular weight is 245 g/mol. The van der Waals surface area contributed by atoms with Crippen molar-refractivity contribution in [1.29, 1.82) is 0 Å². The minimum absolute atomic E-state index is 0.0187. The van der Waals surface area contributed by atoms with E-state index in [-0.39, 0.29) is 17.9 Å². The van der Waals surface area contributed by atoms with Crippen LogP contribution in [0.15, 0.2) is 42.9 Å². The zero-order chi connectivity index (χ0) is 13.0. The fourth-order valence-electron chi connectivity index (χ4n) is 1.85. The standard InChI is InChI=1S/C14H16FN3/c1-10(12-7-13(15)9-16-8-12)18-11(2)14-5-3-4-6-17-14/h3-11,18H,1-2H3/t10?,11-/m1/s1. The zero-order valence-corrected chi connectivity index (χ0v) is 10.5. The van der Waals surface area contributed by atoms with Gasteiger partial charge in [0.25, 0.3) is 0 Å². The van der Waals surface area contributed by atoms with Gasteiger partial charge < -0.3 is 5.32 Å². The quantitative estimate of drug-likeness (QED) is 0.899. The lowest BCUT2D eigenvalue weighted by Gasteiger charge is -2.19. The third-order valence-electron chi connectivity index (χ3n) is 2.86.